The van der Waals surface area contributed by atoms with Gasteiger partial charge in [-0.3, -0.25) is 0 Å². The van der Waals surface area contributed by atoms with E-state index in [9.17, 15) is 4.79 Å². The van der Waals surface area contributed by atoms with Gasteiger partial charge in [0.25, 0.3) is 0 Å². The van der Waals surface area contributed by atoms with Crippen LogP contribution < -0.4 is 5.32 Å². The summed E-state index contributed by atoms with van der Waals surface area (Å²) in [6.07, 6.45) is 1.03. The van der Waals surface area contributed by atoms with Crippen LogP contribution in [0.2, 0.25) is 0 Å². The molecular weight excluding hydrogens is 248 g/mol. The normalized spacial score (nSPS) is 17.4. The molecule has 0 aliphatic carbocycles. The Bertz CT molecular complexity index is 592. The Balaban J connectivity index is 1.67. The molecule has 0 spiro atoms. The fraction of sp³-hybridized carbons (Fsp3) is 0.235. The maximum atomic E-state index is 12.3. The van der Waals surface area contributed by atoms with Crippen molar-refractivity contribution in [1.29, 1.82) is 0 Å². The van der Waals surface area contributed by atoms with Crippen molar-refractivity contribution >= 4 is 11.7 Å². The number of nitrogens with one attached hydrogen (secondary N) is 1. The van der Waals surface area contributed by atoms with E-state index in [0.29, 0.717) is 0 Å². The minimum absolute atomic E-state index is 0.0195. The van der Waals surface area contributed by atoms with Crippen LogP contribution in [0.4, 0.5) is 10.5 Å². The summed E-state index contributed by atoms with van der Waals surface area (Å²) in [4.78, 5) is 14.2. The molecular formula is C17H18N2O. The van der Waals surface area contributed by atoms with Crippen molar-refractivity contribution in [2.45, 2.75) is 19.4 Å². The van der Waals surface area contributed by atoms with Crippen molar-refractivity contribution in [3.8, 4) is 0 Å². The highest BCUT2D eigenvalue weighted by Gasteiger charge is 2.33. The third kappa shape index (κ3) is 2.52. The Morgan fingerprint density at radius 3 is 2.40 bits per heavy atom. The van der Waals surface area contributed by atoms with Crippen molar-refractivity contribution in [3.63, 3.8) is 0 Å². The molecule has 3 heteroatoms. The molecule has 0 radical (unpaired) electrons. The molecule has 2 aromatic carbocycles. The quantitative estimate of drug-likeness (QED) is 0.876. The van der Waals surface area contributed by atoms with Crippen molar-refractivity contribution in [2.24, 2.45) is 0 Å². The second-order valence-electron chi connectivity index (χ2n) is 5.20. The minimum atomic E-state index is -0.0195. The molecule has 1 aliphatic rings. The van der Waals surface area contributed by atoms with Gasteiger partial charge in [-0.2, -0.15) is 0 Å². The second kappa shape index (κ2) is 5.37. The molecule has 1 heterocycles. The number of anilines is 1. The first-order valence-corrected chi connectivity index (χ1v) is 6.93. The van der Waals surface area contributed by atoms with E-state index >= 15 is 0 Å². The number of rotatable bonds is 2. The maximum Gasteiger partial charge on any atom is 0.322 e. The van der Waals surface area contributed by atoms with Gasteiger partial charge < -0.3 is 10.2 Å². The van der Waals surface area contributed by atoms with Gasteiger partial charge in [-0.05, 0) is 31.0 Å². The number of carbonyl (C=O) groups is 1. The first-order valence-electron chi connectivity index (χ1n) is 6.93. The molecule has 1 N–H and O–H groups in total. The fourth-order valence-electron chi connectivity index (χ4n) is 2.48. The average molecular weight is 266 g/mol. The van der Waals surface area contributed by atoms with E-state index in [1.807, 2.05) is 54.3 Å². The molecule has 1 atom stereocenters. The molecule has 1 fully saturated rings. The molecule has 0 aromatic heterocycles. The van der Waals surface area contributed by atoms with Crippen LogP contribution in [0.3, 0.4) is 0 Å². The van der Waals surface area contributed by atoms with Crippen molar-refractivity contribution < 1.29 is 4.79 Å². The summed E-state index contributed by atoms with van der Waals surface area (Å²) in [5.41, 5.74) is 3.24. The first kappa shape index (κ1) is 12.7. The van der Waals surface area contributed by atoms with Crippen LogP contribution in [-0.2, 0) is 0 Å². The number of carbonyl (C=O) groups excluding carboxylic acids is 1. The predicted molar refractivity (Wildman–Crippen MR) is 80.7 cm³/mol. The zero-order chi connectivity index (χ0) is 13.9. The van der Waals surface area contributed by atoms with E-state index in [0.717, 1.165) is 18.7 Å². The van der Waals surface area contributed by atoms with Gasteiger partial charge in [0.15, 0.2) is 0 Å². The number of amides is 2. The highest BCUT2D eigenvalue weighted by atomic mass is 16.2. The van der Waals surface area contributed by atoms with Crippen molar-refractivity contribution in [2.75, 3.05) is 11.9 Å². The van der Waals surface area contributed by atoms with Gasteiger partial charge in [-0.25, -0.2) is 4.79 Å². The van der Waals surface area contributed by atoms with Crippen molar-refractivity contribution in [1.82, 2.24) is 4.90 Å². The molecule has 102 valence electrons. The lowest BCUT2D eigenvalue weighted by molar-refractivity contribution is 0.126. The number of hydrogen-bond acceptors (Lipinski definition) is 1. The summed E-state index contributed by atoms with van der Waals surface area (Å²) in [5.74, 6) is 0. The van der Waals surface area contributed by atoms with Crippen LogP contribution in [0, 0.1) is 6.92 Å². The number of nitrogens with zero attached hydrogens (tertiary/aromatic N) is 1. The summed E-state index contributed by atoms with van der Waals surface area (Å²) in [7, 11) is 0. The van der Waals surface area contributed by atoms with Crippen LogP contribution in [0.25, 0.3) is 0 Å². The van der Waals surface area contributed by atoms with Crippen LogP contribution in [0.1, 0.15) is 23.6 Å². The molecule has 0 bridgehead atoms. The Morgan fingerprint density at radius 2 is 1.80 bits per heavy atom. The van der Waals surface area contributed by atoms with E-state index in [1.165, 1.54) is 11.1 Å². The van der Waals surface area contributed by atoms with Gasteiger partial charge in [-0.15, -0.1) is 0 Å². The van der Waals surface area contributed by atoms with Gasteiger partial charge in [0.2, 0.25) is 0 Å². The minimum Gasteiger partial charge on any atom is -0.317 e. The Morgan fingerprint density at radius 1 is 1.10 bits per heavy atom. The monoisotopic (exact) mass is 266 g/mol. The molecule has 1 aliphatic heterocycles. The summed E-state index contributed by atoms with van der Waals surface area (Å²) in [6.45, 7) is 2.85. The van der Waals surface area contributed by atoms with Crippen LogP contribution in [0.5, 0.6) is 0 Å². The summed E-state index contributed by atoms with van der Waals surface area (Å²) >= 11 is 0. The Kier molecular flexibility index (Phi) is 3.42. The zero-order valence-electron chi connectivity index (χ0n) is 11.5. The van der Waals surface area contributed by atoms with Crippen molar-refractivity contribution in [3.05, 3.63) is 65.7 Å². The van der Waals surface area contributed by atoms with E-state index in [-0.39, 0.29) is 12.1 Å². The largest absolute Gasteiger partial charge is 0.322 e. The smallest absolute Gasteiger partial charge is 0.317 e. The van der Waals surface area contributed by atoms with E-state index in [4.69, 9.17) is 0 Å². The third-order valence-corrected chi connectivity index (χ3v) is 3.77. The lowest BCUT2D eigenvalue weighted by Crippen LogP contribution is -2.47. The fourth-order valence-corrected chi connectivity index (χ4v) is 2.48. The van der Waals surface area contributed by atoms with Crippen LogP contribution in [0.15, 0.2) is 54.6 Å². The van der Waals surface area contributed by atoms with E-state index < -0.39 is 0 Å². The number of likely N-dealkylation sites (tertiary alicyclic amines) is 1. The van der Waals surface area contributed by atoms with Crippen LogP contribution in [-0.4, -0.2) is 17.5 Å². The molecule has 0 saturated carbocycles. The first-order chi connectivity index (χ1) is 9.74. The van der Waals surface area contributed by atoms with Gasteiger partial charge in [-0.1, -0.05) is 48.0 Å². The average Bonchev–Trinajstić information content (AvgIpc) is 2.41. The topological polar surface area (TPSA) is 32.3 Å². The molecule has 1 saturated heterocycles. The molecule has 2 aromatic rings. The lowest BCUT2D eigenvalue weighted by atomic mass is 9.95. The molecule has 2 amide bonds. The molecule has 20 heavy (non-hydrogen) atoms. The second-order valence-corrected chi connectivity index (χ2v) is 5.20. The van der Waals surface area contributed by atoms with Gasteiger partial charge in [0.1, 0.15) is 0 Å². The number of benzene rings is 2. The SMILES string of the molecule is Cc1ccc(NC(=O)N2CC[C@H]2c2ccccc2)cc1. The predicted octanol–water partition coefficient (Wildman–Crippen LogP) is 3.97. The highest BCUT2D eigenvalue weighted by Crippen LogP contribution is 2.33. The number of urea groups is 1. The molecule has 3 nitrogen and oxygen atoms in total. The number of aryl methyl sites for hydroxylation is 1. The summed E-state index contributed by atoms with van der Waals surface area (Å²) in [6, 6.07) is 18.3. The Labute approximate surface area is 119 Å². The number of hydrogen-bond donors (Lipinski definition) is 1. The van der Waals surface area contributed by atoms with Crippen LogP contribution >= 0.6 is 0 Å². The standard InChI is InChI=1S/C17H18N2O/c1-13-7-9-15(10-8-13)18-17(20)19-12-11-16(19)14-5-3-2-4-6-14/h2-10,16H,11-12H2,1H3,(H,18,20)/t16-/m0/s1. The van der Waals surface area contributed by atoms with Gasteiger partial charge >= 0.3 is 6.03 Å². The summed E-state index contributed by atoms with van der Waals surface area (Å²) in [5, 5.41) is 2.96. The maximum absolute atomic E-state index is 12.3. The van der Waals surface area contributed by atoms with Gasteiger partial charge in [0, 0.05) is 12.2 Å². The highest BCUT2D eigenvalue weighted by molar-refractivity contribution is 5.90. The van der Waals surface area contributed by atoms with Gasteiger partial charge in [0.05, 0.1) is 6.04 Å². The van der Waals surface area contributed by atoms with E-state index in [2.05, 4.69) is 17.4 Å². The zero-order valence-corrected chi connectivity index (χ0v) is 11.5. The molecule has 3 rings (SSSR count). The lowest BCUT2D eigenvalue weighted by Gasteiger charge is -2.41. The third-order valence-electron chi connectivity index (χ3n) is 3.77. The van der Waals surface area contributed by atoms with E-state index in [1.54, 1.807) is 0 Å². The summed E-state index contributed by atoms with van der Waals surface area (Å²) < 4.78 is 0. The Hall–Kier alpha value is -2.29. The molecule has 0 unspecified atom stereocenters.